The van der Waals surface area contributed by atoms with Gasteiger partial charge in [-0.1, -0.05) is 17.7 Å². The highest BCUT2D eigenvalue weighted by atomic mass is 16.2. The second kappa shape index (κ2) is 12.5. The van der Waals surface area contributed by atoms with Gasteiger partial charge in [0.2, 0.25) is 11.8 Å². The van der Waals surface area contributed by atoms with Gasteiger partial charge < -0.3 is 10.6 Å². The number of hydrogen-bond donors (Lipinski definition) is 2. The van der Waals surface area contributed by atoms with Crippen molar-refractivity contribution in [3.05, 3.63) is 41.7 Å². The minimum absolute atomic E-state index is 0.0380. The monoisotopic (exact) mass is 412 g/mol. The lowest BCUT2D eigenvalue weighted by atomic mass is 9.96. The number of hydrogen-bond acceptors (Lipinski definition) is 4. The van der Waals surface area contributed by atoms with Crippen LogP contribution in [0, 0.1) is 5.92 Å². The number of rotatable bonds is 6. The van der Waals surface area contributed by atoms with Gasteiger partial charge >= 0.3 is 0 Å². The third kappa shape index (κ3) is 7.90. The Labute approximate surface area is 180 Å². The van der Waals surface area contributed by atoms with Crippen molar-refractivity contribution < 1.29 is 9.59 Å². The zero-order valence-corrected chi connectivity index (χ0v) is 18.1. The topological polar surface area (TPSA) is 74.3 Å². The van der Waals surface area contributed by atoms with Crippen molar-refractivity contribution >= 4 is 11.8 Å². The number of allylic oxidation sites excluding steroid dienone is 1. The molecule has 1 aliphatic carbocycles. The molecule has 30 heavy (non-hydrogen) atoms. The summed E-state index contributed by atoms with van der Waals surface area (Å²) >= 11 is 0. The number of carbonyl (C=O) groups is 2. The van der Waals surface area contributed by atoms with Crippen molar-refractivity contribution in [2.24, 2.45) is 5.92 Å². The summed E-state index contributed by atoms with van der Waals surface area (Å²) in [6.07, 6.45) is 14.9. The zero-order valence-electron chi connectivity index (χ0n) is 18.1. The third-order valence-electron chi connectivity index (χ3n) is 6.13. The van der Waals surface area contributed by atoms with Gasteiger partial charge in [0.1, 0.15) is 0 Å². The normalized spacial score (nSPS) is 21.8. The van der Waals surface area contributed by atoms with E-state index >= 15 is 0 Å². The summed E-state index contributed by atoms with van der Waals surface area (Å²) in [6.45, 7) is 3.70. The highest BCUT2D eigenvalue weighted by Crippen LogP contribution is 2.20. The van der Waals surface area contributed by atoms with Gasteiger partial charge in [0, 0.05) is 50.9 Å². The third-order valence-corrected chi connectivity index (χ3v) is 6.13. The molecule has 2 heterocycles. The number of carbonyl (C=O) groups excluding carboxylic acids is 2. The molecular formula is C24H36N4O2. The SMILES string of the molecule is O=C1CCN(Cc2cccnc2)CCCC(C(=O)NCCC2=CCCCC2)CCN1. The molecule has 0 aromatic carbocycles. The van der Waals surface area contributed by atoms with Crippen LogP contribution in [0.5, 0.6) is 0 Å². The largest absolute Gasteiger partial charge is 0.356 e. The summed E-state index contributed by atoms with van der Waals surface area (Å²) < 4.78 is 0. The molecule has 2 amide bonds. The summed E-state index contributed by atoms with van der Waals surface area (Å²) in [5.74, 6) is 0.166. The summed E-state index contributed by atoms with van der Waals surface area (Å²) in [7, 11) is 0. The Morgan fingerprint density at radius 1 is 1.20 bits per heavy atom. The van der Waals surface area contributed by atoms with Crippen molar-refractivity contribution in [2.75, 3.05) is 26.2 Å². The number of pyridine rings is 1. The molecule has 1 atom stereocenters. The van der Waals surface area contributed by atoms with Gasteiger partial charge in [-0.2, -0.15) is 0 Å². The molecule has 1 fully saturated rings. The molecule has 3 rings (SSSR count). The molecule has 0 spiro atoms. The van der Waals surface area contributed by atoms with E-state index < -0.39 is 0 Å². The van der Waals surface area contributed by atoms with E-state index in [4.69, 9.17) is 0 Å². The molecule has 6 nitrogen and oxygen atoms in total. The van der Waals surface area contributed by atoms with Crippen LogP contribution in [-0.4, -0.2) is 47.9 Å². The van der Waals surface area contributed by atoms with Crippen LogP contribution < -0.4 is 10.6 Å². The van der Waals surface area contributed by atoms with Crippen molar-refractivity contribution in [1.29, 1.82) is 0 Å². The standard InChI is InChI=1S/C24H36N4O2/c29-23-12-17-28(19-21-8-4-13-25-18-21)16-5-9-22(11-15-26-23)24(30)27-14-10-20-6-2-1-3-7-20/h4,6,8,13,18,22H,1-3,5,7,9-12,14-17,19H2,(H,26,29)(H,27,30). The predicted octanol–water partition coefficient (Wildman–Crippen LogP) is 3.20. The van der Waals surface area contributed by atoms with E-state index in [1.165, 1.54) is 31.3 Å². The molecule has 1 aromatic heterocycles. The Morgan fingerprint density at radius 2 is 2.13 bits per heavy atom. The van der Waals surface area contributed by atoms with Gasteiger partial charge in [-0.3, -0.25) is 19.5 Å². The van der Waals surface area contributed by atoms with Gasteiger partial charge in [-0.05, 0) is 69.5 Å². The fourth-order valence-electron chi connectivity index (χ4n) is 4.34. The van der Waals surface area contributed by atoms with Crippen LogP contribution in [0.1, 0.15) is 63.4 Å². The molecule has 164 valence electrons. The molecule has 1 unspecified atom stereocenters. The fraction of sp³-hybridized carbons (Fsp3) is 0.625. The molecule has 1 aliphatic heterocycles. The van der Waals surface area contributed by atoms with E-state index in [1.54, 1.807) is 6.20 Å². The zero-order chi connectivity index (χ0) is 21.0. The Morgan fingerprint density at radius 3 is 2.93 bits per heavy atom. The Balaban J connectivity index is 1.49. The number of aromatic nitrogens is 1. The first kappa shape index (κ1) is 22.5. The lowest BCUT2D eigenvalue weighted by Gasteiger charge is -2.22. The van der Waals surface area contributed by atoms with Crippen molar-refractivity contribution in [2.45, 2.75) is 64.3 Å². The van der Waals surface area contributed by atoms with Gasteiger partial charge in [0.05, 0.1) is 0 Å². The molecule has 0 saturated carbocycles. The van der Waals surface area contributed by atoms with Gasteiger partial charge in [-0.15, -0.1) is 0 Å². The maximum atomic E-state index is 12.8. The quantitative estimate of drug-likeness (QED) is 0.704. The highest BCUT2D eigenvalue weighted by Gasteiger charge is 2.20. The Bertz CT molecular complexity index is 704. The summed E-state index contributed by atoms with van der Waals surface area (Å²) in [6, 6.07) is 4.01. The molecular weight excluding hydrogens is 376 g/mol. The predicted molar refractivity (Wildman–Crippen MR) is 119 cm³/mol. The van der Waals surface area contributed by atoms with Gasteiger partial charge in [0.15, 0.2) is 0 Å². The smallest absolute Gasteiger partial charge is 0.223 e. The summed E-state index contributed by atoms with van der Waals surface area (Å²) in [4.78, 5) is 31.4. The van der Waals surface area contributed by atoms with E-state index in [9.17, 15) is 9.59 Å². The summed E-state index contributed by atoms with van der Waals surface area (Å²) in [5, 5.41) is 6.14. The van der Waals surface area contributed by atoms with E-state index in [2.05, 4.69) is 32.7 Å². The van der Waals surface area contributed by atoms with Crippen LogP contribution >= 0.6 is 0 Å². The van der Waals surface area contributed by atoms with Crippen molar-refractivity contribution in [1.82, 2.24) is 20.5 Å². The number of nitrogens with one attached hydrogen (secondary N) is 2. The first-order chi connectivity index (χ1) is 14.7. The van der Waals surface area contributed by atoms with Crippen LogP contribution in [0.4, 0.5) is 0 Å². The lowest BCUT2D eigenvalue weighted by molar-refractivity contribution is -0.126. The maximum Gasteiger partial charge on any atom is 0.223 e. The second-order valence-electron chi connectivity index (χ2n) is 8.51. The molecule has 2 N–H and O–H groups in total. The fourth-order valence-corrected chi connectivity index (χ4v) is 4.34. The van der Waals surface area contributed by atoms with Crippen molar-refractivity contribution in [3.63, 3.8) is 0 Å². The average Bonchev–Trinajstić information content (AvgIpc) is 2.81. The maximum absolute atomic E-state index is 12.8. The molecule has 1 aromatic rings. The van der Waals surface area contributed by atoms with Gasteiger partial charge in [0.25, 0.3) is 0 Å². The molecule has 2 aliphatic rings. The van der Waals surface area contributed by atoms with E-state index in [0.717, 1.165) is 51.0 Å². The van der Waals surface area contributed by atoms with Gasteiger partial charge in [-0.25, -0.2) is 0 Å². The summed E-state index contributed by atoms with van der Waals surface area (Å²) in [5.41, 5.74) is 2.64. The average molecular weight is 413 g/mol. The minimum atomic E-state index is -0.0380. The second-order valence-corrected chi connectivity index (χ2v) is 8.51. The minimum Gasteiger partial charge on any atom is -0.356 e. The first-order valence-electron chi connectivity index (χ1n) is 11.5. The molecule has 6 heteroatoms. The van der Waals surface area contributed by atoms with Crippen LogP contribution in [0.3, 0.4) is 0 Å². The van der Waals surface area contributed by atoms with Crippen LogP contribution in [0.25, 0.3) is 0 Å². The number of amides is 2. The molecule has 0 bridgehead atoms. The molecule has 1 saturated heterocycles. The Kier molecular flexibility index (Phi) is 9.35. The Hall–Kier alpha value is -2.21. The van der Waals surface area contributed by atoms with E-state index in [-0.39, 0.29) is 17.7 Å². The molecule has 0 radical (unpaired) electrons. The van der Waals surface area contributed by atoms with E-state index in [0.29, 0.717) is 19.4 Å². The van der Waals surface area contributed by atoms with Crippen LogP contribution in [-0.2, 0) is 16.1 Å². The number of nitrogens with zero attached hydrogens (tertiary/aromatic N) is 2. The van der Waals surface area contributed by atoms with Crippen molar-refractivity contribution in [3.8, 4) is 0 Å². The lowest BCUT2D eigenvalue weighted by Crippen LogP contribution is -2.34. The van der Waals surface area contributed by atoms with Crippen LogP contribution in [0.2, 0.25) is 0 Å². The van der Waals surface area contributed by atoms with Crippen LogP contribution in [0.15, 0.2) is 36.2 Å². The highest BCUT2D eigenvalue weighted by molar-refractivity contribution is 5.79. The van der Waals surface area contributed by atoms with E-state index in [1.807, 2.05) is 12.3 Å². The first-order valence-corrected chi connectivity index (χ1v) is 11.5.